The molecule has 1 unspecified atom stereocenters. The summed E-state index contributed by atoms with van der Waals surface area (Å²) < 4.78 is 0.981. The Labute approximate surface area is 110 Å². The van der Waals surface area contributed by atoms with Crippen molar-refractivity contribution in [2.45, 2.75) is 19.2 Å². The van der Waals surface area contributed by atoms with Crippen LogP contribution in [0.25, 0.3) is 0 Å². The topological polar surface area (TPSA) is 20.3 Å². The molecule has 1 aromatic carbocycles. The molecule has 0 bridgehead atoms. The lowest BCUT2D eigenvalue weighted by molar-refractivity contribution is 0.0795. The smallest absolute Gasteiger partial charge is 0.253 e. The van der Waals surface area contributed by atoms with Crippen molar-refractivity contribution in [1.29, 1.82) is 0 Å². The van der Waals surface area contributed by atoms with Crippen LogP contribution in [0.2, 0.25) is 0 Å². The lowest BCUT2D eigenvalue weighted by atomic mass is 10.1. The molecule has 0 aliphatic heterocycles. The number of rotatable bonds is 3. The van der Waals surface area contributed by atoms with E-state index in [1.54, 1.807) is 11.9 Å². The van der Waals surface area contributed by atoms with E-state index in [1.807, 2.05) is 32.0 Å². The first-order valence-electron chi connectivity index (χ1n) is 5.07. The van der Waals surface area contributed by atoms with E-state index in [-0.39, 0.29) is 11.3 Å². The van der Waals surface area contributed by atoms with Crippen molar-refractivity contribution in [2.24, 2.45) is 0 Å². The van der Waals surface area contributed by atoms with E-state index in [9.17, 15) is 4.79 Å². The monoisotopic (exact) mass is 303 g/mol. The Morgan fingerprint density at radius 3 is 2.69 bits per heavy atom. The number of amides is 1. The molecule has 0 N–H and O–H groups in total. The van der Waals surface area contributed by atoms with Gasteiger partial charge in [-0.3, -0.25) is 4.79 Å². The number of alkyl halides is 1. The van der Waals surface area contributed by atoms with Gasteiger partial charge in [0.25, 0.3) is 5.91 Å². The van der Waals surface area contributed by atoms with Crippen LogP contribution in [0.1, 0.15) is 22.8 Å². The zero-order valence-corrected chi connectivity index (χ0v) is 12.0. The molecule has 0 fully saturated rings. The fraction of sp³-hybridized carbons (Fsp3) is 0.417. The molecule has 0 saturated carbocycles. The number of hydrogen-bond acceptors (Lipinski definition) is 1. The van der Waals surface area contributed by atoms with Gasteiger partial charge in [-0.1, -0.05) is 15.9 Å². The Morgan fingerprint density at radius 1 is 1.56 bits per heavy atom. The maximum absolute atomic E-state index is 12.1. The average Bonchev–Trinajstić information content (AvgIpc) is 2.15. The van der Waals surface area contributed by atoms with Gasteiger partial charge in [-0.15, -0.1) is 11.6 Å². The molecule has 0 aliphatic carbocycles. The molecule has 0 heterocycles. The third-order valence-electron chi connectivity index (χ3n) is 2.29. The van der Waals surface area contributed by atoms with E-state index in [4.69, 9.17) is 11.6 Å². The van der Waals surface area contributed by atoms with E-state index in [0.29, 0.717) is 6.54 Å². The van der Waals surface area contributed by atoms with Crippen LogP contribution in [0.4, 0.5) is 0 Å². The van der Waals surface area contributed by atoms with Crippen molar-refractivity contribution in [3.8, 4) is 0 Å². The predicted octanol–water partition coefficient (Wildman–Crippen LogP) is 3.46. The quantitative estimate of drug-likeness (QED) is 0.783. The summed E-state index contributed by atoms with van der Waals surface area (Å²) in [5.74, 6) is 0.0116. The minimum absolute atomic E-state index is 0.0116. The van der Waals surface area contributed by atoms with Crippen molar-refractivity contribution in [2.75, 3.05) is 13.6 Å². The number of carbonyl (C=O) groups excluding carboxylic acids is 1. The third kappa shape index (κ3) is 3.49. The second kappa shape index (κ2) is 5.69. The first-order valence-corrected chi connectivity index (χ1v) is 6.30. The van der Waals surface area contributed by atoms with Gasteiger partial charge in [-0.25, -0.2) is 0 Å². The fourth-order valence-electron chi connectivity index (χ4n) is 1.53. The first-order chi connectivity index (χ1) is 7.41. The molecule has 1 rings (SSSR count). The Hall–Kier alpha value is -0.540. The number of carbonyl (C=O) groups is 1. The summed E-state index contributed by atoms with van der Waals surface area (Å²) in [5, 5.41) is -0.0373. The minimum Gasteiger partial charge on any atom is -0.340 e. The van der Waals surface area contributed by atoms with Crippen LogP contribution in [0.5, 0.6) is 0 Å². The number of benzene rings is 1. The molecule has 0 spiro atoms. The highest BCUT2D eigenvalue weighted by Gasteiger charge is 2.15. The summed E-state index contributed by atoms with van der Waals surface area (Å²) in [5.41, 5.74) is 1.69. The summed E-state index contributed by atoms with van der Waals surface area (Å²) in [6.07, 6.45) is 0. The Kier molecular flexibility index (Phi) is 4.81. The molecule has 1 atom stereocenters. The Bertz CT molecular complexity index is 393. The second-order valence-corrected chi connectivity index (χ2v) is 5.59. The first kappa shape index (κ1) is 13.5. The van der Waals surface area contributed by atoms with E-state index in [0.717, 1.165) is 15.6 Å². The van der Waals surface area contributed by atoms with Gasteiger partial charge in [-0.2, -0.15) is 0 Å². The molecule has 2 nitrogen and oxygen atoms in total. The van der Waals surface area contributed by atoms with Crippen LogP contribution in [-0.4, -0.2) is 29.8 Å². The van der Waals surface area contributed by atoms with Crippen molar-refractivity contribution in [3.05, 3.63) is 33.8 Å². The molecule has 88 valence electrons. The number of nitrogens with zero attached hydrogens (tertiary/aromatic N) is 1. The predicted molar refractivity (Wildman–Crippen MR) is 71.2 cm³/mol. The summed E-state index contributed by atoms with van der Waals surface area (Å²) >= 11 is 9.24. The minimum atomic E-state index is -0.0373. The average molecular weight is 305 g/mol. The van der Waals surface area contributed by atoms with E-state index in [1.165, 1.54) is 0 Å². The summed E-state index contributed by atoms with van der Waals surface area (Å²) in [6.45, 7) is 4.35. The van der Waals surface area contributed by atoms with Gasteiger partial charge in [-0.05, 0) is 37.6 Å². The van der Waals surface area contributed by atoms with E-state index >= 15 is 0 Å². The number of aryl methyl sites for hydroxylation is 1. The lowest BCUT2D eigenvalue weighted by Gasteiger charge is -2.19. The summed E-state index contributed by atoms with van der Waals surface area (Å²) in [7, 11) is 1.77. The fourth-order valence-corrected chi connectivity index (χ4v) is 2.22. The van der Waals surface area contributed by atoms with Gasteiger partial charge < -0.3 is 4.90 Å². The largest absolute Gasteiger partial charge is 0.340 e. The van der Waals surface area contributed by atoms with Crippen molar-refractivity contribution in [1.82, 2.24) is 4.90 Å². The van der Waals surface area contributed by atoms with E-state index < -0.39 is 0 Å². The number of halogens is 2. The zero-order valence-electron chi connectivity index (χ0n) is 9.63. The zero-order chi connectivity index (χ0) is 12.3. The molecular weight excluding hydrogens is 289 g/mol. The maximum Gasteiger partial charge on any atom is 0.253 e. The maximum atomic E-state index is 12.1. The molecule has 4 heteroatoms. The second-order valence-electron chi connectivity index (χ2n) is 3.93. The van der Waals surface area contributed by atoms with Crippen LogP contribution in [0.15, 0.2) is 22.7 Å². The number of hydrogen-bond donors (Lipinski definition) is 0. The van der Waals surface area contributed by atoms with Gasteiger partial charge >= 0.3 is 0 Å². The molecule has 0 aliphatic rings. The molecular formula is C12H15BrClNO. The van der Waals surface area contributed by atoms with Gasteiger partial charge in [0.2, 0.25) is 0 Å². The van der Waals surface area contributed by atoms with Gasteiger partial charge in [0.15, 0.2) is 0 Å². The molecule has 1 amide bonds. The molecule has 16 heavy (non-hydrogen) atoms. The van der Waals surface area contributed by atoms with Crippen molar-refractivity contribution >= 4 is 33.4 Å². The Morgan fingerprint density at radius 2 is 2.19 bits per heavy atom. The normalized spacial score (nSPS) is 12.3. The van der Waals surface area contributed by atoms with Crippen LogP contribution in [0, 0.1) is 6.92 Å². The van der Waals surface area contributed by atoms with Gasteiger partial charge in [0.05, 0.1) is 0 Å². The highest BCUT2D eigenvalue weighted by molar-refractivity contribution is 9.10. The Balaban J connectivity index is 2.88. The molecule has 1 aromatic rings. The van der Waals surface area contributed by atoms with Crippen LogP contribution in [-0.2, 0) is 0 Å². The van der Waals surface area contributed by atoms with Crippen molar-refractivity contribution < 1.29 is 4.79 Å². The summed E-state index contributed by atoms with van der Waals surface area (Å²) in [6, 6.07) is 5.64. The SMILES string of the molecule is Cc1cc(Br)ccc1C(=O)N(C)CC(C)Cl. The molecule has 0 radical (unpaired) electrons. The van der Waals surface area contributed by atoms with E-state index in [2.05, 4.69) is 15.9 Å². The molecule has 0 aromatic heterocycles. The van der Waals surface area contributed by atoms with Gasteiger partial charge in [0, 0.05) is 29.0 Å². The lowest BCUT2D eigenvalue weighted by Crippen LogP contribution is -2.31. The molecule has 0 saturated heterocycles. The van der Waals surface area contributed by atoms with Crippen LogP contribution in [0.3, 0.4) is 0 Å². The highest BCUT2D eigenvalue weighted by Crippen LogP contribution is 2.17. The van der Waals surface area contributed by atoms with Crippen molar-refractivity contribution in [3.63, 3.8) is 0 Å². The summed E-state index contributed by atoms with van der Waals surface area (Å²) in [4.78, 5) is 13.7. The highest BCUT2D eigenvalue weighted by atomic mass is 79.9. The third-order valence-corrected chi connectivity index (χ3v) is 2.92. The van der Waals surface area contributed by atoms with Crippen LogP contribution >= 0.6 is 27.5 Å². The standard InChI is InChI=1S/C12H15BrClNO/c1-8-6-10(13)4-5-11(8)12(16)15(3)7-9(2)14/h4-6,9H,7H2,1-3H3. The van der Waals surface area contributed by atoms with Crippen LogP contribution < -0.4 is 0 Å². The van der Waals surface area contributed by atoms with Gasteiger partial charge in [0.1, 0.15) is 0 Å².